The lowest BCUT2D eigenvalue weighted by Gasteiger charge is -2.26. The number of amides is 2. The molecule has 2 amide bonds. The standard InChI is InChI=1S/C26H32N2O5/c1-18(20-6-8-22-21(16-20)11-14-33-22)27(2)17-19-5-7-23(24(15-19)31-3)32-13-4-12-28-25(29)9-10-26(28)30/h5-8,15-16,18H,4,9-14,17H2,1-3H3. The lowest BCUT2D eigenvalue weighted by Crippen LogP contribution is -2.30. The third kappa shape index (κ3) is 5.30. The molecule has 1 saturated heterocycles. The lowest BCUT2D eigenvalue weighted by atomic mass is 10.0. The van der Waals surface area contributed by atoms with Crippen LogP contribution in [0.25, 0.3) is 0 Å². The molecule has 2 aromatic carbocycles. The molecule has 0 aromatic heterocycles. The summed E-state index contributed by atoms with van der Waals surface area (Å²) in [5, 5.41) is 0. The summed E-state index contributed by atoms with van der Waals surface area (Å²) in [5.41, 5.74) is 3.70. The molecule has 176 valence electrons. The number of benzene rings is 2. The zero-order valence-corrected chi connectivity index (χ0v) is 19.6. The molecule has 2 aliphatic rings. The Morgan fingerprint density at radius 2 is 1.85 bits per heavy atom. The van der Waals surface area contributed by atoms with Crippen molar-refractivity contribution in [3.63, 3.8) is 0 Å². The van der Waals surface area contributed by atoms with Crippen molar-refractivity contribution in [2.24, 2.45) is 0 Å². The van der Waals surface area contributed by atoms with Gasteiger partial charge in [0, 0.05) is 38.4 Å². The van der Waals surface area contributed by atoms with E-state index in [1.54, 1.807) is 7.11 Å². The maximum Gasteiger partial charge on any atom is 0.229 e. The van der Waals surface area contributed by atoms with Crippen LogP contribution in [0.15, 0.2) is 36.4 Å². The van der Waals surface area contributed by atoms with Crippen molar-refractivity contribution in [3.05, 3.63) is 53.1 Å². The highest BCUT2D eigenvalue weighted by Crippen LogP contribution is 2.32. The van der Waals surface area contributed by atoms with E-state index < -0.39 is 0 Å². The fraction of sp³-hybridized carbons (Fsp3) is 0.462. The molecule has 0 radical (unpaired) electrons. The van der Waals surface area contributed by atoms with Crippen LogP contribution in [0.2, 0.25) is 0 Å². The Balaban J connectivity index is 1.32. The second-order valence-corrected chi connectivity index (χ2v) is 8.68. The maximum absolute atomic E-state index is 11.7. The van der Waals surface area contributed by atoms with Crippen LogP contribution < -0.4 is 14.2 Å². The van der Waals surface area contributed by atoms with Crippen LogP contribution in [-0.4, -0.2) is 55.5 Å². The summed E-state index contributed by atoms with van der Waals surface area (Å²) in [7, 11) is 3.75. The minimum absolute atomic E-state index is 0.0893. The van der Waals surface area contributed by atoms with Gasteiger partial charge in [-0.15, -0.1) is 0 Å². The summed E-state index contributed by atoms with van der Waals surface area (Å²) in [4.78, 5) is 27.0. The minimum Gasteiger partial charge on any atom is -0.493 e. The molecule has 1 fully saturated rings. The molecule has 0 aliphatic carbocycles. The van der Waals surface area contributed by atoms with Crippen LogP contribution in [0.4, 0.5) is 0 Å². The molecule has 2 aliphatic heterocycles. The number of carbonyl (C=O) groups excluding carboxylic acids is 2. The zero-order valence-electron chi connectivity index (χ0n) is 19.6. The van der Waals surface area contributed by atoms with Crippen molar-refractivity contribution in [2.45, 2.75) is 45.2 Å². The molecule has 0 spiro atoms. The van der Waals surface area contributed by atoms with Gasteiger partial charge in [0.05, 0.1) is 20.3 Å². The van der Waals surface area contributed by atoms with Crippen LogP contribution in [0, 0.1) is 0 Å². The van der Waals surface area contributed by atoms with E-state index in [4.69, 9.17) is 14.2 Å². The highest BCUT2D eigenvalue weighted by Gasteiger charge is 2.28. The summed E-state index contributed by atoms with van der Waals surface area (Å²) in [6.45, 7) is 4.56. The molecule has 2 aromatic rings. The third-order valence-corrected chi connectivity index (χ3v) is 6.46. The number of imide groups is 1. The van der Waals surface area contributed by atoms with Gasteiger partial charge in [-0.1, -0.05) is 18.2 Å². The number of nitrogens with zero attached hydrogens (tertiary/aromatic N) is 2. The average Bonchev–Trinajstić information content (AvgIpc) is 3.42. The second kappa shape index (κ2) is 10.3. The van der Waals surface area contributed by atoms with Gasteiger partial charge in [-0.05, 0) is 55.3 Å². The Morgan fingerprint density at radius 3 is 2.61 bits per heavy atom. The molecule has 7 nitrogen and oxygen atoms in total. The SMILES string of the molecule is COc1cc(CN(C)C(C)c2ccc3c(c2)CCO3)ccc1OCCCN1C(=O)CCC1=O. The summed E-state index contributed by atoms with van der Waals surface area (Å²) in [6.07, 6.45) is 2.21. The van der Waals surface area contributed by atoms with Crippen LogP contribution in [0.5, 0.6) is 17.2 Å². The van der Waals surface area contributed by atoms with E-state index in [9.17, 15) is 9.59 Å². The first-order valence-corrected chi connectivity index (χ1v) is 11.5. The average molecular weight is 453 g/mol. The maximum atomic E-state index is 11.7. The molecule has 33 heavy (non-hydrogen) atoms. The number of hydrogen-bond acceptors (Lipinski definition) is 6. The predicted octanol–water partition coefficient (Wildman–Crippen LogP) is 3.74. The molecule has 0 bridgehead atoms. The van der Waals surface area contributed by atoms with Gasteiger partial charge < -0.3 is 14.2 Å². The molecular formula is C26H32N2O5. The minimum atomic E-state index is -0.0893. The van der Waals surface area contributed by atoms with Crippen molar-refractivity contribution >= 4 is 11.8 Å². The monoisotopic (exact) mass is 452 g/mol. The summed E-state index contributed by atoms with van der Waals surface area (Å²) < 4.78 is 17.1. The Labute approximate surface area is 195 Å². The van der Waals surface area contributed by atoms with Crippen molar-refractivity contribution < 1.29 is 23.8 Å². The number of rotatable bonds is 10. The van der Waals surface area contributed by atoms with Gasteiger partial charge >= 0.3 is 0 Å². The van der Waals surface area contributed by atoms with Gasteiger partial charge in [-0.3, -0.25) is 19.4 Å². The van der Waals surface area contributed by atoms with Crippen LogP contribution in [0.3, 0.4) is 0 Å². The Bertz CT molecular complexity index is 1010. The van der Waals surface area contributed by atoms with Crippen LogP contribution in [-0.2, 0) is 22.6 Å². The Hall–Kier alpha value is -3.06. The van der Waals surface area contributed by atoms with Gasteiger partial charge in [-0.2, -0.15) is 0 Å². The fourth-order valence-electron chi connectivity index (χ4n) is 4.35. The first-order valence-electron chi connectivity index (χ1n) is 11.5. The van der Waals surface area contributed by atoms with E-state index in [2.05, 4.69) is 37.1 Å². The predicted molar refractivity (Wildman–Crippen MR) is 125 cm³/mol. The molecule has 2 heterocycles. The van der Waals surface area contributed by atoms with Gasteiger partial charge in [0.1, 0.15) is 5.75 Å². The van der Waals surface area contributed by atoms with Crippen molar-refractivity contribution in [2.75, 3.05) is 33.9 Å². The van der Waals surface area contributed by atoms with Gasteiger partial charge in [0.15, 0.2) is 11.5 Å². The first kappa shape index (κ1) is 23.1. The van der Waals surface area contributed by atoms with Crippen LogP contribution in [0.1, 0.15) is 48.9 Å². The number of likely N-dealkylation sites (tertiary alicyclic amines) is 1. The molecule has 1 unspecified atom stereocenters. The van der Waals surface area contributed by atoms with E-state index in [-0.39, 0.29) is 17.9 Å². The number of ether oxygens (including phenoxy) is 3. The first-order chi connectivity index (χ1) is 16.0. The van der Waals surface area contributed by atoms with Crippen molar-refractivity contribution in [1.82, 2.24) is 9.80 Å². The third-order valence-electron chi connectivity index (χ3n) is 6.46. The molecule has 7 heteroatoms. The lowest BCUT2D eigenvalue weighted by molar-refractivity contribution is -0.138. The molecule has 4 rings (SSSR count). The van der Waals surface area contributed by atoms with Crippen molar-refractivity contribution in [3.8, 4) is 17.2 Å². The summed E-state index contributed by atoms with van der Waals surface area (Å²) in [5.74, 6) is 2.17. The van der Waals surface area contributed by atoms with E-state index in [1.165, 1.54) is 16.0 Å². The highest BCUT2D eigenvalue weighted by molar-refractivity contribution is 6.01. The molecular weight excluding hydrogens is 420 g/mol. The Morgan fingerprint density at radius 1 is 1.06 bits per heavy atom. The van der Waals surface area contributed by atoms with E-state index in [0.29, 0.717) is 43.9 Å². The summed E-state index contributed by atoms with van der Waals surface area (Å²) in [6, 6.07) is 12.7. The Kier molecular flexibility index (Phi) is 7.18. The topological polar surface area (TPSA) is 68.3 Å². The van der Waals surface area contributed by atoms with Crippen LogP contribution >= 0.6 is 0 Å². The largest absolute Gasteiger partial charge is 0.493 e. The number of fused-ring (bicyclic) bond motifs is 1. The number of methoxy groups -OCH3 is 1. The van der Waals surface area contributed by atoms with E-state index in [1.807, 2.05) is 18.2 Å². The number of carbonyl (C=O) groups is 2. The molecule has 1 atom stereocenters. The quantitative estimate of drug-likeness (QED) is 0.404. The fourth-order valence-corrected chi connectivity index (χ4v) is 4.35. The normalized spacial score (nSPS) is 16.2. The van der Waals surface area contributed by atoms with Gasteiger partial charge in [0.2, 0.25) is 11.8 Å². The van der Waals surface area contributed by atoms with Gasteiger partial charge in [0.25, 0.3) is 0 Å². The smallest absolute Gasteiger partial charge is 0.229 e. The highest BCUT2D eigenvalue weighted by atomic mass is 16.5. The summed E-state index contributed by atoms with van der Waals surface area (Å²) >= 11 is 0. The van der Waals surface area contributed by atoms with Crippen molar-refractivity contribution in [1.29, 1.82) is 0 Å². The van der Waals surface area contributed by atoms with E-state index in [0.717, 1.165) is 30.9 Å². The number of hydrogen-bond donors (Lipinski definition) is 0. The molecule has 0 N–H and O–H groups in total. The van der Waals surface area contributed by atoms with Gasteiger partial charge in [-0.25, -0.2) is 0 Å². The van der Waals surface area contributed by atoms with E-state index >= 15 is 0 Å². The second-order valence-electron chi connectivity index (χ2n) is 8.68. The molecule has 0 saturated carbocycles. The zero-order chi connectivity index (χ0) is 23.4.